The Bertz CT molecular complexity index is 317. The van der Waals surface area contributed by atoms with E-state index in [1.54, 1.807) is 12.4 Å². The van der Waals surface area contributed by atoms with Crippen molar-refractivity contribution >= 4 is 27.3 Å². The number of anilines is 2. The van der Waals surface area contributed by atoms with Gasteiger partial charge in [-0.1, -0.05) is 0 Å². The van der Waals surface area contributed by atoms with Crippen molar-refractivity contribution < 1.29 is 4.74 Å². The smallest absolute Gasteiger partial charge is 0.0776 e. The van der Waals surface area contributed by atoms with E-state index >= 15 is 0 Å². The van der Waals surface area contributed by atoms with E-state index < -0.39 is 0 Å². The minimum absolute atomic E-state index is 0.714. The molecule has 0 spiro atoms. The van der Waals surface area contributed by atoms with Crippen LogP contribution in [-0.4, -0.2) is 31.3 Å². The standard InChI is InChI=1S/C10H14BrN3O/c11-8-6-13-7-9(12)10(8)14-2-1-4-15-5-3-14/h6-7H,1-5,12H2. The molecule has 1 aromatic heterocycles. The minimum Gasteiger partial charge on any atom is -0.396 e. The van der Waals surface area contributed by atoms with Gasteiger partial charge in [0.25, 0.3) is 0 Å². The summed E-state index contributed by atoms with van der Waals surface area (Å²) in [6.07, 6.45) is 4.50. The minimum atomic E-state index is 0.714. The van der Waals surface area contributed by atoms with Crippen molar-refractivity contribution in [1.82, 2.24) is 4.98 Å². The van der Waals surface area contributed by atoms with Gasteiger partial charge in [-0.25, -0.2) is 0 Å². The molecule has 0 amide bonds. The Hall–Kier alpha value is -0.810. The summed E-state index contributed by atoms with van der Waals surface area (Å²) >= 11 is 3.48. The van der Waals surface area contributed by atoms with Crippen molar-refractivity contribution in [2.24, 2.45) is 0 Å². The highest BCUT2D eigenvalue weighted by atomic mass is 79.9. The van der Waals surface area contributed by atoms with Gasteiger partial charge >= 0.3 is 0 Å². The van der Waals surface area contributed by atoms with Crippen molar-refractivity contribution in [3.05, 3.63) is 16.9 Å². The number of hydrogen-bond acceptors (Lipinski definition) is 4. The quantitative estimate of drug-likeness (QED) is 0.844. The second-order valence-electron chi connectivity index (χ2n) is 3.51. The highest BCUT2D eigenvalue weighted by molar-refractivity contribution is 9.10. The molecule has 1 aromatic rings. The third kappa shape index (κ3) is 2.41. The maximum Gasteiger partial charge on any atom is 0.0776 e. The van der Waals surface area contributed by atoms with Gasteiger partial charge < -0.3 is 15.4 Å². The molecule has 5 heteroatoms. The zero-order valence-electron chi connectivity index (χ0n) is 8.45. The number of nitrogens with zero attached hydrogens (tertiary/aromatic N) is 2. The SMILES string of the molecule is Nc1cncc(Br)c1N1CCCOCC1. The molecule has 4 nitrogen and oxygen atoms in total. The lowest BCUT2D eigenvalue weighted by molar-refractivity contribution is 0.152. The number of halogens is 1. The van der Waals surface area contributed by atoms with Crippen LogP contribution in [0, 0.1) is 0 Å². The Morgan fingerprint density at radius 3 is 3.00 bits per heavy atom. The fourth-order valence-corrected chi connectivity index (χ4v) is 2.34. The van der Waals surface area contributed by atoms with Crippen molar-refractivity contribution in [3.63, 3.8) is 0 Å². The van der Waals surface area contributed by atoms with Gasteiger partial charge in [-0.3, -0.25) is 4.98 Å². The molecule has 15 heavy (non-hydrogen) atoms. The Labute approximate surface area is 97.6 Å². The molecule has 0 bridgehead atoms. The first-order chi connectivity index (χ1) is 7.29. The second kappa shape index (κ2) is 4.81. The van der Waals surface area contributed by atoms with E-state index in [1.807, 2.05) is 0 Å². The third-order valence-corrected chi connectivity index (χ3v) is 3.02. The van der Waals surface area contributed by atoms with Crippen LogP contribution in [0.1, 0.15) is 6.42 Å². The molecule has 0 atom stereocenters. The van der Waals surface area contributed by atoms with Crippen molar-refractivity contribution in [2.45, 2.75) is 6.42 Å². The van der Waals surface area contributed by atoms with Crippen LogP contribution < -0.4 is 10.6 Å². The zero-order valence-corrected chi connectivity index (χ0v) is 10.0. The van der Waals surface area contributed by atoms with Gasteiger partial charge in [0, 0.05) is 25.9 Å². The second-order valence-corrected chi connectivity index (χ2v) is 4.37. The van der Waals surface area contributed by atoms with Gasteiger partial charge in [0.15, 0.2) is 0 Å². The van der Waals surface area contributed by atoms with E-state index in [0.29, 0.717) is 5.69 Å². The number of hydrogen-bond donors (Lipinski definition) is 1. The summed E-state index contributed by atoms with van der Waals surface area (Å²) in [6.45, 7) is 3.45. The van der Waals surface area contributed by atoms with Gasteiger partial charge in [0.05, 0.1) is 28.7 Å². The monoisotopic (exact) mass is 271 g/mol. The molecule has 0 saturated carbocycles. The van der Waals surface area contributed by atoms with Crippen LogP contribution in [-0.2, 0) is 4.74 Å². The topological polar surface area (TPSA) is 51.4 Å². The van der Waals surface area contributed by atoms with Crippen LogP contribution >= 0.6 is 15.9 Å². The summed E-state index contributed by atoms with van der Waals surface area (Å²) in [7, 11) is 0. The molecule has 82 valence electrons. The Kier molecular flexibility index (Phi) is 3.43. The molecule has 0 aliphatic carbocycles. The summed E-state index contributed by atoms with van der Waals surface area (Å²) in [4.78, 5) is 6.28. The largest absolute Gasteiger partial charge is 0.396 e. The van der Waals surface area contributed by atoms with Crippen LogP contribution in [0.25, 0.3) is 0 Å². The summed E-state index contributed by atoms with van der Waals surface area (Å²) in [6, 6.07) is 0. The molecule has 2 rings (SSSR count). The molecule has 0 radical (unpaired) electrons. The number of nitrogen functional groups attached to an aromatic ring is 1. The molecule has 2 N–H and O–H groups in total. The highest BCUT2D eigenvalue weighted by Crippen LogP contribution is 2.31. The summed E-state index contributed by atoms with van der Waals surface area (Å²) in [5, 5.41) is 0. The number of nitrogens with two attached hydrogens (primary N) is 1. The average Bonchev–Trinajstić information content (AvgIpc) is 2.46. The van der Waals surface area contributed by atoms with Crippen molar-refractivity contribution in [3.8, 4) is 0 Å². The number of rotatable bonds is 1. The van der Waals surface area contributed by atoms with E-state index in [-0.39, 0.29) is 0 Å². The van der Waals surface area contributed by atoms with E-state index in [1.165, 1.54) is 0 Å². The van der Waals surface area contributed by atoms with Crippen LogP contribution in [0.4, 0.5) is 11.4 Å². The van der Waals surface area contributed by atoms with Crippen LogP contribution in [0.15, 0.2) is 16.9 Å². The van der Waals surface area contributed by atoms with E-state index in [4.69, 9.17) is 10.5 Å². The third-order valence-electron chi connectivity index (χ3n) is 2.44. The number of ether oxygens (including phenoxy) is 1. The Morgan fingerprint density at radius 1 is 1.33 bits per heavy atom. The maximum absolute atomic E-state index is 5.93. The first-order valence-corrected chi connectivity index (χ1v) is 5.80. The molecule has 2 heterocycles. The highest BCUT2D eigenvalue weighted by Gasteiger charge is 2.15. The van der Waals surface area contributed by atoms with Gasteiger partial charge in [0.1, 0.15) is 0 Å². The molecule has 1 aliphatic rings. The van der Waals surface area contributed by atoms with Crippen LogP contribution in [0.2, 0.25) is 0 Å². The van der Waals surface area contributed by atoms with Crippen LogP contribution in [0.3, 0.4) is 0 Å². The number of aromatic nitrogens is 1. The summed E-state index contributed by atoms with van der Waals surface area (Å²) < 4.78 is 6.36. The normalized spacial score (nSPS) is 17.5. The predicted octanol–water partition coefficient (Wildman–Crippen LogP) is 1.65. The molecule has 1 aliphatic heterocycles. The van der Waals surface area contributed by atoms with Crippen molar-refractivity contribution in [1.29, 1.82) is 0 Å². The van der Waals surface area contributed by atoms with Crippen LogP contribution in [0.5, 0.6) is 0 Å². The van der Waals surface area contributed by atoms with E-state index in [9.17, 15) is 0 Å². The number of pyridine rings is 1. The summed E-state index contributed by atoms with van der Waals surface area (Å²) in [5.74, 6) is 0. The lowest BCUT2D eigenvalue weighted by Gasteiger charge is -2.24. The average molecular weight is 272 g/mol. The summed E-state index contributed by atoms with van der Waals surface area (Å²) in [5.41, 5.74) is 7.68. The first-order valence-electron chi connectivity index (χ1n) is 5.00. The fraction of sp³-hybridized carbons (Fsp3) is 0.500. The van der Waals surface area contributed by atoms with Gasteiger partial charge in [-0.15, -0.1) is 0 Å². The van der Waals surface area contributed by atoms with E-state index in [2.05, 4.69) is 25.8 Å². The fourth-order valence-electron chi connectivity index (χ4n) is 1.75. The molecule has 1 fully saturated rings. The molecule has 0 aromatic carbocycles. The maximum atomic E-state index is 5.93. The van der Waals surface area contributed by atoms with Gasteiger partial charge in [-0.2, -0.15) is 0 Å². The zero-order chi connectivity index (χ0) is 10.7. The first kappa shape index (κ1) is 10.7. The molecule has 0 unspecified atom stereocenters. The molecular weight excluding hydrogens is 258 g/mol. The lowest BCUT2D eigenvalue weighted by atomic mass is 10.3. The Balaban J connectivity index is 2.26. The van der Waals surface area contributed by atoms with Gasteiger partial charge in [-0.05, 0) is 22.4 Å². The van der Waals surface area contributed by atoms with Gasteiger partial charge in [0.2, 0.25) is 0 Å². The van der Waals surface area contributed by atoms with Crippen molar-refractivity contribution in [2.75, 3.05) is 36.9 Å². The predicted molar refractivity (Wildman–Crippen MR) is 64.0 cm³/mol. The Morgan fingerprint density at radius 2 is 2.20 bits per heavy atom. The molecule has 1 saturated heterocycles. The van der Waals surface area contributed by atoms with E-state index in [0.717, 1.165) is 42.9 Å². The lowest BCUT2D eigenvalue weighted by Crippen LogP contribution is -2.27. The molecular formula is C10H14BrN3O.